The summed E-state index contributed by atoms with van der Waals surface area (Å²) in [5, 5.41) is 13.7. The number of thioether (sulfide) groups is 1. The summed E-state index contributed by atoms with van der Waals surface area (Å²) in [6.07, 6.45) is 4.19. The highest BCUT2D eigenvalue weighted by Crippen LogP contribution is 2.27. The summed E-state index contributed by atoms with van der Waals surface area (Å²) in [5.41, 5.74) is 1.98. The fourth-order valence-corrected chi connectivity index (χ4v) is 5.00. The molecule has 0 fully saturated rings. The van der Waals surface area contributed by atoms with Crippen molar-refractivity contribution in [1.29, 1.82) is 0 Å². The molecule has 4 aromatic rings. The molecule has 4 rings (SSSR count). The second-order valence-corrected chi connectivity index (χ2v) is 9.84. The van der Waals surface area contributed by atoms with E-state index in [0.29, 0.717) is 33.3 Å². The van der Waals surface area contributed by atoms with Crippen molar-refractivity contribution in [1.82, 2.24) is 19.7 Å². The highest BCUT2D eigenvalue weighted by molar-refractivity contribution is 7.99. The molecule has 0 aliphatic rings. The molecule has 0 saturated carbocycles. The highest BCUT2D eigenvalue weighted by Gasteiger charge is 2.15. The summed E-state index contributed by atoms with van der Waals surface area (Å²) in [6.45, 7) is 4.37. The van der Waals surface area contributed by atoms with Crippen molar-refractivity contribution in [3.05, 3.63) is 87.9 Å². The molecule has 0 unspecified atom stereocenters. The van der Waals surface area contributed by atoms with Crippen LogP contribution in [0.1, 0.15) is 10.4 Å². The van der Waals surface area contributed by atoms with E-state index in [2.05, 4.69) is 27.1 Å². The van der Waals surface area contributed by atoms with E-state index in [0.717, 1.165) is 21.8 Å². The van der Waals surface area contributed by atoms with Gasteiger partial charge in [0.05, 0.1) is 15.8 Å². The van der Waals surface area contributed by atoms with Gasteiger partial charge in [0.2, 0.25) is 5.91 Å². The summed E-state index contributed by atoms with van der Waals surface area (Å²) >= 11 is 14.8. The number of rotatable bonds is 9. The Bertz CT molecular complexity index is 1270. The molecule has 168 valence electrons. The first-order chi connectivity index (χ1) is 16.0. The van der Waals surface area contributed by atoms with Gasteiger partial charge in [-0.25, -0.2) is 4.98 Å². The van der Waals surface area contributed by atoms with Crippen molar-refractivity contribution in [2.75, 3.05) is 11.1 Å². The van der Waals surface area contributed by atoms with Gasteiger partial charge in [0, 0.05) is 29.6 Å². The van der Waals surface area contributed by atoms with E-state index in [-0.39, 0.29) is 11.7 Å². The Morgan fingerprint density at radius 1 is 1.15 bits per heavy atom. The lowest BCUT2D eigenvalue weighted by Gasteiger charge is -2.07. The molecule has 2 aromatic carbocycles. The number of aromatic nitrogens is 4. The summed E-state index contributed by atoms with van der Waals surface area (Å²) in [4.78, 5) is 17.8. The lowest BCUT2D eigenvalue weighted by molar-refractivity contribution is -0.113. The standard InChI is InChI=1S/C23H19Cl2N5OS2/c1-2-10-30-21(16-6-4-3-5-7-16)28-29-23(30)32-14-20(31)27-22-26-13-17(33-22)11-15-8-9-18(24)19(25)12-15/h2-9,12-13H,1,10-11,14H2,(H,26,27,31). The fraction of sp³-hybridized carbons (Fsp3) is 0.130. The molecular formula is C23H19Cl2N5OS2. The third kappa shape index (κ3) is 6.03. The quantitative estimate of drug-likeness (QED) is 0.211. The van der Waals surface area contributed by atoms with Gasteiger partial charge in [-0.1, -0.05) is 77.4 Å². The normalized spacial score (nSPS) is 10.8. The summed E-state index contributed by atoms with van der Waals surface area (Å²) in [5.74, 6) is 0.765. The topological polar surface area (TPSA) is 72.7 Å². The van der Waals surface area contributed by atoms with Gasteiger partial charge >= 0.3 is 0 Å². The molecule has 0 atom stereocenters. The molecule has 6 nitrogen and oxygen atoms in total. The van der Waals surface area contributed by atoms with Gasteiger partial charge in [-0.3, -0.25) is 9.36 Å². The Morgan fingerprint density at radius 2 is 1.97 bits per heavy atom. The molecule has 0 aliphatic heterocycles. The highest BCUT2D eigenvalue weighted by atomic mass is 35.5. The van der Waals surface area contributed by atoms with Gasteiger partial charge < -0.3 is 5.32 Å². The number of hydrogen-bond acceptors (Lipinski definition) is 6. The molecule has 0 spiro atoms. The molecule has 33 heavy (non-hydrogen) atoms. The zero-order valence-corrected chi connectivity index (χ0v) is 20.5. The molecule has 0 saturated heterocycles. The summed E-state index contributed by atoms with van der Waals surface area (Å²) < 4.78 is 1.94. The van der Waals surface area contributed by atoms with Crippen molar-refractivity contribution in [3.63, 3.8) is 0 Å². The van der Waals surface area contributed by atoms with Crippen molar-refractivity contribution in [2.45, 2.75) is 18.1 Å². The first-order valence-electron chi connectivity index (χ1n) is 9.94. The molecule has 0 aliphatic carbocycles. The van der Waals surface area contributed by atoms with Crippen LogP contribution in [0.15, 0.2) is 72.5 Å². The van der Waals surface area contributed by atoms with Crippen LogP contribution in [0.2, 0.25) is 10.0 Å². The number of carbonyl (C=O) groups excluding carboxylic acids is 1. The second-order valence-electron chi connectivity index (χ2n) is 6.97. The number of anilines is 1. The van der Waals surface area contributed by atoms with Gasteiger partial charge in [-0.2, -0.15) is 0 Å². The smallest absolute Gasteiger partial charge is 0.236 e. The number of hydrogen-bond donors (Lipinski definition) is 1. The van der Waals surface area contributed by atoms with Crippen molar-refractivity contribution >= 4 is 57.3 Å². The SMILES string of the molecule is C=CCn1c(SCC(=O)Nc2ncc(Cc3ccc(Cl)c(Cl)c3)s2)nnc1-c1ccccc1. The molecule has 0 bridgehead atoms. The van der Waals surface area contributed by atoms with E-state index in [1.165, 1.54) is 23.1 Å². The van der Waals surface area contributed by atoms with Gasteiger partial charge in [-0.05, 0) is 17.7 Å². The van der Waals surface area contributed by atoms with E-state index in [1.807, 2.05) is 47.0 Å². The first-order valence-corrected chi connectivity index (χ1v) is 12.5. The number of benzene rings is 2. The van der Waals surface area contributed by atoms with E-state index in [1.54, 1.807) is 18.3 Å². The van der Waals surface area contributed by atoms with Gasteiger partial charge in [0.15, 0.2) is 16.1 Å². The Morgan fingerprint density at radius 3 is 2.73 bits per heavy atom. The number of thiazole rings is 1. The van der Waals surface area contributed by atoms with Crippen molar-refractivity contribution in [2.24, 2.45) is 0 Å². The van der Waals surface area contributed by atoms with Crippen LogP contribution in [0.5, 0.6) is 0 Å². The minimum atomic E-state index is -0.162. The minimum absolute atomic E-state index is 0.162. The zero-order valence-electron chi connectivity index (χ0n) is 17.4. The van der Waals surface area contributed by atoms with Crippen LogP contribution in [0.4, 0.5) is 5.13 Å². The number of allylic oxidation sites excluding steroid dienone is 1. The average Bonchev–Trinajstić information content (AvgIpc) is 3.42. The van der Waals surface area contributed by atoms with Crippen LogP contribution in [-0.4, -0.2) is 31.4 Å². The lowest BCUT2D eigenvalue weighted by atomic mass is 10.1. The van der Waals surface area contributed by atoms with Gasteiger partial charge in [-0.15, -0.1) is 28.1 Å². The minimum Gasteiger partial charge on any atom is -0.301 e. The van der Waals surface area contributed by atoms with E-state index >= 15 is 0 Å². The Hall–Kier alpha value is -2.65. The molecule has 1 N–H and O–H groups in total. The fourth-order valence-electron chi connectivity index (χ4n) is 3.07. The van der Waals surface area contributed by atoms with Crippen LogP contribution in [0.3, 0.4) is 0 Å². The van der Waals surface area contributed by atoms with E-state index in [4.69, 9.17) is 23.2 Å². The maximum Gasteiger partial charge on any atom is 0.236 e. The Balaban J connectivity index is 1.37. The third-order valence-corrected chi connectivity index (χ3v) is 7.17. The van der Waals surface area contributed by atoms with Crippen molar-refractivity contribution < 1.29 is 4.79 Å². The van der Waals surface area contributed by atoms with Crippen LogP contribution in [-0.2, 0) is 17.8 Å². The monoisotopic (exact) mass is 515 g/mol. The van der Waals surface area contributed by atoms with E-state index < -0.39 is 0 Å². The number of nitrogens with zero attached hydrogens (tertiary/aromatic N) is 4. The first kappa shape index (κ1) is 23.5. The number of nitrogens with one attached hydrogen (secondary N) is 1. The molecular weight excluding hydrogens is 497 g/mol. The number of halogens is 2. The number of carbonyl (C=O) groups is 1. The predicted molar refractivity (Wildman–Crippen MR) is 136 cm³/mol. The summed E-state index contributed by atoms with van der Waals surface area (Å²) in [7, 11) is 0. The Kier molecular flexibility index (Phi) is 7.82. The van der Waals surface area contributed by atoms with Gasteiger partial charge in [0.25, 0.3) is 0 Å². The van der Waals surface area contributed by atoms with E-state index in [9.17, 15) is 4.79 Å². The number of amides is 1. The van der Waals surface area contributed by atoms with Crippen LogP contribution in [0.25, 0.3) is 11.4 Å². The van der Waals surface area contributed by atoms with Gasteiger partial charge in [0.1, 0.15) is 0 Å². The second kappa shape index (κ2) is 11.0. The lowest BCUT2D eigenvalue weighted by Crippen LogP contribution is -2.14. The third-order valence-electron chi connectivity index (χ3n) is 4.56. The molecule has 2 aromatic heterocycles. The zero-order chi connectivity index (χ0) is 23.2. The van der Waals surface area contributed by atoms with Crippen LogP contribution in [0, 0.1) is 0 Å². The Labute approximate surface area is 209 Å². The summed E-state index contributed by atoms with van der Waals surface area (Å²) in [6, 6.07) is 15.3. The maximum absolute atomic E-state index is 12.5. The molecule has 0 radical (unpaired) electrons. The van der Waals surface area contributed by atoms with Crippen LogP contribution >= 0.6 is 46.3 Å². The average molecular weight is 516 g/mol. The van der Waals surface area contributed by atoms with Crippen molar-refractivity contribution in [3.8, 4) is 11.4 Å². The molecule has 10 heteroatoms. The largest absolute Gasteiger partial charge is 0.301 e. The molecule has 1 amide bonds. The molecule has 2 heterocycles. The van der Waals surface area contributed by atoms with Crippen LogP contribution < -0.4 is 5.32 Å². The predicted octanol–water partition coefficient (Wildman–Crippen LogP) is 6.22. The maximum atomic E-state index is 12.5.